The molecule has 4 aromatic rings. The number of thiocarbonyl (C=S) groups is 1. The summed E-state index contributed by atoms with van der Waals surface area (Å²) in [4.78, 5) is 23.2. The zero-order valence-electron chi connectivity index (χ0n) is 22.5. The van der Waals surface area contributed by atoms with Crippen LogP contribution in [0.5, 0.6) is 5.75 Å². The Balaban J connectivity index is 1.60. The molecule has 1 amide bonds. The molecule has 1 aliphatic rings. The number of nitrogens with zero attached hydrogens (tertiary/aromatic N) is 4. The first-order valence-electron chi connectivity index (χ1n) is 12.9. The summed E-state index contributed by atoms with van der Waals surface area (Å²) >= 11 is 5.93. The van der Waals surface area contributed by atoms with Gasteiger partial charge < -0.3 is 24.8 Å². The third-order valence-electron chi connectivity index (χ3n) is 7.15. The summed E-state index contributed by atoms with van der Waals surface area (Å²) < 4.78 is 7.98. The van der Waals surface area contributed by atoms with Crippen LogP contribution in [0.3, 0.4) is 0 Å². The number of pyridine rings is 2. The predicted molar refractivity (Wildman–Crippen MR) is 157 cm³/mol. The Morgan fingerprint density at radius 2 is 1.97 bits per heavy atom. The molecule has 0 saturated carbocycles. The number of hydrogen-bond acceptors (Lipinski definition) is 5. The maximum Gasteiger partial charge on any atom is 0.224 e. The average molecular weight is 541 g/mol. The lowest BCUT2D eigenvalue weighted by Gasteiger charge is -2.29. The minimum Gasteiger partial charge on any atom is -0.494 e. The van der Waals surface area contributed by atoms with Crippen molar-refractivity contribution in [1.29, 1.82) is 0 Å². The summed E-state index contributed by atoms with van der Waals surface area (Å²) in [7, 11) is 1.60. The molecule has 0 spiro atoms. The van der Waals surface area contributed by atoms with Crippen LogP contribution >= 0.6 is 12.2 Å². The van der Waals surface area contributed by atoms with Gasteiger partial charge in [0.25, 0.3) is 0 Å². The molecule has 8 nitrogen and oxygen atoms in total. The Kier molecular flexibility index (Phi) is 7.60. The van der Waals surface area contributed by atoms with E-state index in [1.807, 2.05) is 55.6 Å². The largest absolute Gasteiger partial charge is 0.494 e. The highest BCUT2D eigenvalue weighted by Gasteiger charge is 2.42. The highest BCUT2D eigenvalue weighted by Crippen LogP contribution is 2.44. The highest BCUT2D eigenvalue weighted by atomic mass is 32.1. The van der Waals surface area contributed by atoms with Gasteiger partial charge >= 0.3 is 0 Å². The van der Waals surface area contributed by atoms with Crippen LogP contribution in [0.4, 0.5) is 11.4 Å². The molecule has 200 valence electrons. The molecule has 2 N–H and O–H groups in total. The van der Waals surface area contributed by atoms with Crippen LogP contribution in [0.25, 0.3) is 0 Å². The third-order valence-corrected chi connectivity index (χ3v) is 7.47. The van der Waals surface area contributed by atoms with Gasteiger partial charge in [-0.25, -0.2) is 0 Å². The molecule has 0 radical (unpaired) electrons. The molecule has 5 rings (SSSR count). The highest BCUT2D eigenvalue weighted by molar-refractivity contribution is 7.80. The van der Waals surface area contributed by atoms with Gasteiger partial charge in [-0.15, -0.1) is 0 Å². The van der Waals surface area contributed by atoms with Crippen molar-refractivity contribution in [2.75, 3.05) is 17.3 Å². The van der Waals surface area contributed by atoms with E-state index in [4.69, 9.17) is 17.0 Å². The van der Waals surface area contributed by atoms with Gasteiger partial charge in [0, 0.05) is 54.7 Å². The first-order chi connectivity index (χ1) is 18.9. The predicted octanol–water partition coefficient (Wildman–Crippen LogP) is 5.48. The number of methoxy groups -OCH3 is 1. The van der Waals surface area contributed by atoms with Gasteiger partial charge in [0.05, 0.1) is 30.6 Å². The van der Waals surface area contributed by atoms with E-state index in [-0.39, 0.29) is 18.0 Å². The van der Waals surface area contributed by atoms with Gasteiger partial charge in [-0.2, -0.15) is 0 Å². The Bertz CT molecular complexity index is 1490. The minimum atomic E-state index is -0.170. The molecular formula is C30H32N6O2S. The maximum atomic E-state index is 12.1. The second-order valence-electron chi connectivity index (χ2n) is 9.56. The van der Waals surface area contributed by atoms with Crippen LogP contribution < -0.4 is 20.3 Å². The normalized spacial score (nSPS) is 16.7. The van der Waals surface area contributed by atoms with E-state index in [1.54, 1.807) is 19.5 Å². The van der Waals surface area contributed by atoms with Crippen LogP contribution in [0, 0.1) is 13.8 Å². The van der Waals surface area contributed by atoms with Crippen LogP contribution in [0.1, 0.15) is 53.6 Å². The summed E-state index contributed by atoms with van der Waals surface area (Å²) in [5.41, 5.74) is 6.98. The van der Waals surface area contributed by atoms with Crippen LogP contribution in [0.2, 0.25) is 0 Å². The number of benzene rings is 1. The lowest BCUT2D eigenvalue weighted by atomic mass is 9.96. The van der Waals surface area contributed by atoms with Crippen LogP contribution in [0.15, 0.2) is 73.2 Å². The molecule has 3 aromatic heterocycles. The van der Waals surface area contributed by atoms with Gasteiger partial charge in [-0.3, -0.25) is 14.8 Å². The molecule has 0 aliphatic carbocycles. The second-order valence-corrected chi connectivity index (χ2v) is 9.94. The van der Waals surface area contributed by atoms with E-state index < -0.39 is 0 Å². The summed E-state index contributed by atoms with van der Waals surface area (Å²) in [5, 5.41) is 7.04. The zero-order valence-corrected chi connectivity index (χ0v) is 23.3. The molecule has 2 atom stereocenters. The van der Waals surface area contributed by atoms with Crippen molar-refractivity contribution in [2.45, 2.75) is 45.8 Å². The molecule has 0 unspecified atom stereocenters. The standard InChI is InChI=1S/C30H32N6O2S/c1-5-27(37)33-24-12-11-22(16-26(24)38-4)36-29(28(34-30(36)39)25-10-6-7-14-32-25)23-15-19(2)35(20(23)3)18-21-9-8-13-31-17-21/h6-17,28-29H,5,18H2,1-4H3,(H,33,37)(H,34,39)/t28-,29+/m1/s1. The number of anilines is 2. The Morgan fingerprint density at radius 3 is 2.67 bits per heavy atom. The lowest BCUT2D eigenvalue weighted by molar-refractivity contribution is -0.115. The molecule has 1 saturated heterocycles. The number of ether oxygens (including phenoxy) is 1. The Morgan fingerprint density at radius 1 is 1.13 bits per heavy atom. The van der Waals surface area contributed by atoms with E-state index in [1.165, 1.54) is 0 Å². The Labute approximate surface area is 234 Å². The molecule has 39 heavy (non-hydrogen) atoms. The second kappa shape index (κ2) is 11.2. The van der Waals surface area contributed by atoms with Crippen molar-refractivity contribution in [1.82, 2.24) is 19.9 Å². The number of aromatic nitrogens is 3. The van der Waals surface area contributed by atoms with Crippen molar-refractivity contribution in [2.24, 2.45) is 0 Å². The number of rotatable bonds is 8. The SMILES string of the molecule is CCC(=O)Nc1ccc(N2C(=S)N[C@H](c3ccccn3)[C@@H]2c2cc(C)n(Cc3cccnc3)c2C)cc1OC. The lowest BCUT2D eigenvalue weighted by Crippen LogP contribution is -2.29. The molecule has 4 heterocycles. The van der Waals surface area contributed by atoms with Gasteiger partial charge in [0.2, 0.25) is 5.91 Å². The summed E-state index contributed by atoms with van der Waals surface area (Å²) in [5.74, 6) is 0.493. The summed E-state index contributed by atoms with van der Waals surface area (Å²) in [6, 6.07) is 17.6. The van der Waals surface area contributed by atoms with Crippen molar-refractivity contribution in [3.05, 3.63) is 101 Å². The summed E-state index contributed by atoms with van der Waals surface area (Å²) in [6.45, 7) is 6.82. The summed E-state index contributed by atoms with van der Waals surface area (Å²) in [6.07, 6.45) is 5.88. The topological polar surface area (TPSA) is 84.3 Å². The average Bonchev–Trinajstić information content (AvgIpc) is 3.45. The number of carbonyl (C=O) groups excluding carboxylic acids is 1. The van der Waals surface area contributed by atoms with Gasteiger partial charge in [0.15, 0.2) is 5.11 Å². The van der Waals surface area contributed by atoms with E-state index in [0.29, 0.717) is 23.0 Å². The number of hydrogen-bond donors (Lipinski definition) is 2. The van der Waals surface area contributed by atoms with E-state index >= 15 is 0 Å². The quantitative estimate of drug-likeness (QED) is 0.287. The van der Waals surface area contributed by atoms with E-state index in [0.717, 1.165) is 40.4 Å². The number of amides is 1. The third kappa shape index (κ3) is 5.22. The smallest absolute Gasteiger partial charge is 0.224 e. The van der Waals surface area contributed by atoms with Crippen molar-refractivity contribution < 1.29 is 9.53 Å². The first kappa shape index (κ1) is 26.4. The minimum absolute atomic E-state index is 0.0754. The van der Waals surface area contributed by atoms with Crippen LogP contribution in [-0.2, 0) is 11.3 Å². The van der Waals surface area contributed by atoms with Crippen molar-refractivity contribution >= 4 is 34.6 Å². The van der Waals surface area contributed by atoms with E-state index in [9.17, 15) is 4.79 Å². The number of nitrogens with one attached hydrogen (secondary N) is 2. The Hall–Kier alpha value is -4.24. The first-order valence-corrected chi connectivity index (χ1v) is 13.4. The molecular weight excluding hydrogens is 508 g/mol. The monoisotopic (exact) mass is 540 g/mol. The van der Waals surface area contributed by atoms with E-state index in [2.05, 4.69) is 56.0 Å². The van der Waals surface area contributed by atoms with Crippen molar-refractivity contribution in [3.8, 4) is 5.75 Å². The molecule has 1 fully saturated rings. The number of aryl methyl sites for hydroxylation is 1. The van der Waals surface area contributed by atoms with Crippen LogP contribution in [-0.4, -0.2) is 32.7 Å². The molecule has 1 aromatic carbocycles. The molecule has 0 bridgehead atoms. The maximum absolute atomic E-state index is 12.1. The fraction of sp³-hybridized carbons (Fsp3) is 0.267. The van der Waals surface area contributed by atoms with Crippen molar-refractivity contribution in [3.63, 3.8) is 0 Å². The fourth-order valence-corrected chi connectivity index (χ4v) is 5.51. The van der Waals surface area contributed by atoms with Gasteiger partial charge in [0.1, 0.15) is 5.75 Å². The molecule has 9 heteroatoms. The fourth-order valence-electron chi connectivity index (χ4n) is 5.17. The zero-order chi connectivity index (χ0) is 27.5. The number of carbonyl (C=O) groups is 1. The molecule has 1 aliphatic heterocycles. The van der Waals surface area contributed by atoms with Gasteiger partial charge in [-0.1, -0.05) is 19.1 Å². The van der Waals surface area contributed by atoms with Gasteiger partial charge in [-0.05, 0) is 73.6 Å².